The van der Waals surface area contributed by atoms with Crippen LogP contribution in [0, 0.1) is 0 Å². The zero-order chi connectivity index (χ0) is 22.0. The van der Waals surface area contributed by atoms with Crippen LogP contribution in [0.5, 0.6) is 0 Å². The van der Waals surface area contributed by atoms with Crippen LogP contribution in [0.15, 0.2) is 0 Å². The molecular formula is C28H34N6. The molecule has 3 aromatic heterocycles. The quantitative estimate of drug-likeness (QED) is 0.355. The summed E-state index contributed by atoms with van der Waals surface area (Å²) in [5.41, 5.74) is 13.1. The Balaban J connectivity index is 1.34. The van der Waals surface area contributed by atoms with E-state index in [0.717, 1.165) is 0 Å². The molecule has 6 aliphatic rings. The molecule has 0 saturated heterocycles. The first-order valence-electron chi connectivity index (χ1n) is 14.1. The summed E-state index contributed by atoms with van der Waals surface area (Å²) in [5.74, 6) is 4.17. The van der Waals surface area contributed by atoms with E-state index in [1.54, 1.807) is 16.7 Å². The lowest BCUT2D eigenvalue weighted by Crippen LogP contribution is -2.14. The minimum Gasteiger partial charge on any atom is -0.282 e. The van der Waals surface area contributed by atoms with Crippen molar-refractivity contribution in [3.63, 3.8) is 0 Å². The highest BCUT2D eigenvalue weighted by Gasteiger charge is 2.47. The Bertz CT molecular complexity index is 1020. The third-order valence-corrected chi connectivity index (χ3v) is 9.30. The standard InChI is InChI=1S/C28H34N6/c1-2-13(1)23-20(24(30-29-23)14-3-4-14)19(21-25(15-5-6-15)31-32-26(21)16-7-8-16)22-27(17-9-10-17)33-34-28(22)18-11-12-18/h13-19H,1-12H2,(H,29,30)(H,31,32)(H,33,34). The molecule has 34 heavy (non-hydrogen) atoms. The van der Waals surface area contributed by atoms with E-state index in [2.05, 4.69) is 15.3 Å². The second-order valence-electron chi connectivity index (χ2n) is 12.4. The summed E-state index contributed by atoms with van der Waals surface area (Å²) in [6.45, 7) is 0. The van der Waals surface area contributed by atoms with Crippen molar-refractivity contribution < 1.29 is 0 Å². The third-order valence-electron chi connectivity index (χ3n) is 9.30. The van der Waals surface area contributed by atoms with Gasteiger partial charge in [-0.25, -0.2) is 0 Å². The fraction of sp³-hybridized carbons (Fsp3) is 0.679. The van der Waals surface area contributed by atoms with E-state index >= 15 is 0 Å². The highest BCUT2D eigenvalue weighted by atomic mass is 15.2. The van der Waals surface area contributed by atoms with Gasteiger partial charge in [-0.1, -0.05) is 0 Å². The van der Waals surface area contributed by atoms with Crippen molar-refractivity contribution in [3.8, 4) is 0 Å². The number of nitrogens with zero attached hydrogens (tertiary/aromatic N) is 3. The molecule has 6 fully saturated rings. The van der Waals surface area contributed by atoms with Gasteiger partial charge in [0.1, 0.15) is 0 Å². The first kappa shape index (κ1) is 18.9. The SMILES string of the molecule is C1CC1c1n[nH]c(C2CC2)c1C(c1c(C2CC2)n[nH]c1C1CC1)c1c(C2CC2)n[nH]c1C1CC1. The molecule has 3 N–H and O–H groups in total. The molecule has 0 spiro atoms. The molecule has 0 bridgehead atoms. The van der Waals surface area contributed by atoms with Crippen molar-refractivity contribution in [2.45, 2.75) is 118 Å². The lowest BCUT2D eigenvalue weighted by atomic mass is 9.78. The van der Waals surface area contributed by atoms with Gasteiger partial charge in [-0.05, 0) is 77.0 Å². The summed E-state index contributed by atoms with van der Waals surface area (Å²) in [7, 11) is 0. The number of aromatic amines is 3. The van der Waals surface area contributed by atoms with Crippen LogP contribution in [0.25, 0.3) is 0 Å². The lowest BCUT2D eigenvalue weighted by Gasteiger charge is -2.23. The minimum atomic E-state index is 0.250. The van der Waals surface area contributed by atoms with Crippen LogP contribution in [0.4, 0.5) is 0 Å². The van der Waals surface area contributed by atoms with Crippen LogP contribution in [0.3, 0.4) is 0 Å². The first-order valence-corrected chi connectivity index (χ1v) is 14.1. The molecule has 176 valence electrons. The smallest absolute Gasteiger partial charge is 0.0697 e. The van der Waals surface area contributed by atoms with E-state index in [1.807, 2.05) is 0 Å². The monoisotopic (exact) mass is 454 g/mol. The van der Waals surface area contributed by atoms with Crippen molar-refractivity contribution in [2.75, 3.05) is 0 Å². The Kier molecular flexibility index (Phi) is 3.69. The fourth-order valence-corrected chi connectivity index (χ4v) is 6.53. The molecular weight excluding hydrogens is 420 g/mol. The molecule has 6 heteroatoms. The van der Waals surface area contributed by atoms with E-state index in [9.17, 15) is 0 Å². The van der Waals surface area contributed by atoms with Gasteiger partial charge in [0, 0.05) is 75.2 Å². The van der Waals surface area contributed by atoms with Crippen molar-refractivity contribution in [1.29, 1.82) is 0 Å². The Morgan fingerprint density at radius 1 is 0.412 bits per heavy atom. The van der Waals surface area contributed by atoms with Crippen molar-refractivity contribution >= 4 is 0 Å². The Morgan fingerprint density at radius 3 is 0.912 bits per heavy atom. The molecule has 3 aromatic rings. The predicted molar refractivity (Wildman–Crippen MR) is 129 cm³/mol. The molecule has 0 unspecified atom stereocenters. The molecule has 0 atom stereocenters. The van der Waals surface area contributed by atoms with Gasteiger partial charge < -0.3 is 0 Å². The summed E-state index contributed by atoms with van der Waals surface area (Å²) in [4.78, 5) is 0. The van der Waals surface area contributed by atoms with Crippen LogP contribution >= 0.6 is 0 Å². The van der Waals surface area contributed by atoms with Crippen molar-refractivity contribution in [1.82, 2.24) is 30.6 Å². The highest BCUT2D eigenvalue weighted by Crippen LogP contribution is 2.58. The molecule has 0 aromatic carbocycles. The van der Waals surface area contributed by atoms with Crippen LogP contribution in [0.1, 0.15) is 169 Å². The van der Waals surface area contributed by atoms with E-state index in [-0.39, 0.29) is 5.92 Å². The van der Waals surface area contributed by atoms with Crippen molar-refractivity contribution in [3.05, 3.63) is 50.9 Å². The maximum atomic E-state index is 5.05. The van der Waals surface area contributed by atoms with Crippen LogP contribution in [-0.4, -0.2) is 30.6 Å². The Labute approximate surface area is 200 Å². The van der Waals surface area contributed by atoms with Gasteiger partial charge in [0.15, 0.2) is 0 Å². The van der Waals surface area contributed by atoms with E-state index in [4.69, 9.17) is 15.3 Å². The second kappa shape index (κ2) is 6.64. The Morgan fingerprint density at radius 2 is 0.676 bits per heavy atom. The molecule has 0 aliphatic heterocycles. The maximum Gasteiger partial charge on any atom is 0.0697 e. The van der Waals surface area contributed by atoms with Crippen LogP contribution < -0.4 is 0 Å². The number of aromatic nitrogens is 6. The van der Waals surface area contributed by atoms with Gasteiger partial charge >= 0.3 is 0 Å². The van der Waals surface area contributed by atoms with E-state index in [1.165, 1.54) is 111 Å². The number of nitrogens with one attached hydrogen (secondary N) is 3. The van der Waals surface area contributed by atoms with Crippen LogP contribution in [0.2, 0.25) is 0 Å². The minimum absolute atomic E-state index is 0.250. The number of rotatable bonds is 9. The zero-order valence-electron chi connectivity index (χ0n) is 19.9. The van der Waals surface area contributed by atoms with Gasteiger partial charge in [-0.3, -0.25) is 15.3 Å². The third kappa shape index (κ3) is 2.96. The molecule has 3 heterocycles. The lowest BCUT2D eigenvalue weighted by molar-refractivity contribution is 0.831. The molecule has 0 radical (unpaired) electrons. The van der Waals surface area contributed by atoms with Gasteiger partial charge in [0.05, 0.1) is 17.1 Å². The molecule has 0 amide bonds. The summed E-state index contributed by atoms with van der Waals surface area (Å²) >= 11 is 0. The largest absolute Gasteiger partial charge is 0.282 e. The average Bonchev–Trinajstić information content (AvgIpc) is 3.64. The summed E-state index contributed by atoms with van der Waals surface area (Å²) in [6, 6.07) is 0. The topological polar surface area (TPSA) is 86.0 Å². The summed E-state index contributed by atoms with van der Waals surface area (Å²) in [6.07, 6.45) is 15.6. The first-order chi connectivity index (χ1) is 16.8. The van der Waals surface area contributed by atoms with Gasteiger partial charge in [-0.15, -0.1) is 0 Å². The Hall–Kier alpha value is -2.37. The molecule has 6 nitrogen and oxygen atoms in total. The second-order valence-corrected chi connectivity index (χ2v) is 12.4. The predicted octanol–water partition coefficient (Wildman–Crippen LogP) is 6.30. The van der Waals surface area contributed by atoms with Crippen LogP contribution in [-0.2, 0) is 0 Å². The molecule has 6 aliphatic carbocycles. The van der Waals surface area contributed by atoms with Gasteiger partial charge in [0.25, 0.3) is 0 Å². The number of hydrogen-bond acceptors (Lipinski definition) is 3. The highest BCUT2D eigenvalue weighted by molar-refractivity contribution is 5.57. The molecule has 6 saturated carbocycles. The normalized spacial score (nSPS) is 25.0. The summed E-state index contributed by atoms with van der Waals surface area (Å²) < 4.78 is 0. The average molecular weight is 455 g/mol. The maximum absolute atomic E-state index is 5.05. The van der Waals surface area contributed by atoms with E-state index in [0.29, 0.717) is 35.5 Å². The zero-order valence-corrected chi connectivity index (χ0v) is 19.9. The van der Waals surface area contributed by atoms with Gasteiger partial charge in [0.2, 0.25) is 0 Å². The fourth-order valence-electron chi connectivity index (χ4n) is 6.53. The number of hydrogen-bond donors (Lipinski definition) is 3. The van der Waals surface area contributed by atoms with E-state index < -0.39 is 0 Å². The van der Waals surface area contributed by atoms with Gasteiger partial charge in [-0.2, -0.15) is 15.3 Å². The molecule has 9 rings (SSSR count). The summed E-state index contributed by atoms with van der Waals surface area (Å²) in [5, 5.41) is 26.0. The number of H-pyrrole nitrogens is 3. The van der Waals surface area contributed by atoms with Crippen molar-refractivity contribution in [2.24, 2.45) is 0 Å².